The van der Waals surface area contributed by atoms with Gasteiger partial charge < -0.3 is 5.73 Å². The second-order valence-electron chi connectivity index (χ2n) is 6.76. The molecule has 20 heavy (non-hydrogen) atoms. The first kappa shape index (κ1) is 16.2. The van der Waals surface area contributed by atoms with Gasteiger partial charge in [0.15, 0.2) is 0 Å². The molecule has 0 amide bonds. The number of hydrogen-bond acceptors (Lipinski definition) is 3. The maximum Gasteiger partial charge on any atom is 0.211 e. The normalized spacial score (nSPS) is 33.8. The van der Waals surface area contributed by atoms with Crippen LogP contribution in [0.3, 0.4) is 0 Å². The van der Waals surface area contributed by atoms with Gasteiger partial charge in [0, 0.05) is 13.1 Å². The first-order valence-corrected chi connectivity index (χ1v) is 10.0. The largest absolute Gasteiger partial charge is 0.330 e. The molecule has 0 aromatic rings. The van der Waals surface area contributed by atoms with Crippen molar-refractivity contribution in [3.63, 3.8) is 0 Å². The molecule has 0 aromatic heterocycles. The fourth-order valence-corrected chi connectivity index (χ4v) is 4.97. The Morgan fingerprint density at radius 2 is 1.75 bits per heavy atom. The van der Waals surface area contributed by atoms with Gasteiger partial charge in [0.05, 0.1) is 6.26 Å². The molecular weight excluding hydrogens is 272 g/mol. The van der Waals surface area contributed by atoms with Gasteiger partial charge in [0.1, 0.15) is 0 Å². The van der Waals surface area contributed by atoms with Gasteiger partial charge >= 0.3 is 0 Å². The van der Waals surface area contributed by atoms with Crippen LogP contribution in [0.4, 0.5) is 0 Å². The molecule has 1 aliphatic carbocycles. The van der Waals surface area contributed by atoms with Crippen LogP contribution >= 0.6 is 0 Å². The maximum absolute atomic E-state index is 11.7. The van der Waals surface area contributed by atoms with Crippen LogP contribution in [0.2, 0.25) is 0 Å². The van der Waals surface area contributed by atoms with Crippen molar-refractivity contribution in [1.82, 2.24) is 4.31 Å². The molecule has 5 heteroatoms. The van der Waals surface area contributed by atoms with Crippen molar-refractivity contribution < 1.29 is 8.42 Å². The van der Waals surface area contributed by atoms with E-state index in [-0.39, 0.29) is 0 Å². The van der Waals surface area contributed by atoms with Crippen molar-refractivity contribution in [2.45, 2.75) is 51.4 Å². The van der Waals surface area contributed by atoms with E-state index < -0.39 is 10.0 Å². The summed E-state index contributed by atoms with van der Waals surface area (Å²) in [6.07, 6.45) is 11.2. The van der Waals surface area contributed by atoms with Crippen LogP contribution in [-0.2, 0) is 10.0 Å². The molecule has 1 saturated carbocycles. The molecule has 0 bridgehead atoms. The monoisotopic (exact) mass is 302 g/mol. The molecule has 2 N–H and O–H groups in total. The van der Waals surface area contributed by atoms with E-state index >= 15 is 0 Å². The van der Waals surface area contributed by atoms with Crippen LogP contribution in [0.15, 0.2) is 0 Å². The minimum Gasteiger partial charge on any atom is -0.330 e. The van der Waals surface area contributed by atoms with E-state index in [0.717, 1.165) is 19.5 Å². The van der Waals surface area contributed by atoms with Gasteiger partial charge in [-0.2, -0.15) is 0 Å². The maximum atomic E-state index is 11.7. The zero-order chi connectivity index (χ0) is 14.6. The fourth-order valence-electron chi connectivity index (χ4n) is 4.03. The van der Waals surface area contributed by atoms with Crippen LogP contribution in [0.25, 0.3) is 0 Å². The van der Waals surface area contributed by atoms with E-state index in [4.69, 9.17) is 5.73 Å². The molecule has 1 saturated heterocycles. The average molecular weight is 302 g/mol. The molecule has 118 valence electrons. The van der Waals surface area contributed by atoms with Crippen LogP contribution in [0, 0.1) is 17.8 Å². The number of nitrogens with zero attached hydrogens (tertiary/aromatic N) is 1. The van der Waals surface area contributed by atoms with E-state index in [1.807, 2.05) is 0 Å². The first-order valence-electron chi connectivity index (χ1n) is 8.16. The average Bonchev–Trinajstić information content (AvgIpc) is 2.63. The third-order valence-electron chi connectivity index (χ3n) is 5.21. The number of hydrogen-bond donors (Lipinski definition) is 1. The van der Waals surface area contributed by atoms with Crippen molar-refractivity contribution >= 4 is 10.0 Å². The van der Waals surface area contributed by atoms with Crippen LogP contribution in [-0.4, -0.2) is 38.6 Å². The summed E-state index contributed by atoms with van der Waals surface area (Å²) in [4.78, 5) is 0. The van der Waals surface area contributed by atoms with E-state index in [1.165, 1.54) is 51.2 Å². The Morgan fingerprint density at radius 3 is 2.40 bits per heavy atom. The molecule has 2 aliphatic rings. The van der Waals surface area contributed by atoms with Gasteiger partial charge in [0.25, 0.3) is 0 Å². The Labute approximate surface area is 124 Å². The first-order chi connectivity index (χ1) is 9.50. The quantitative estimate of drug-likeness (QED) is 0.810. The molecule has 1 aliphatic heterocycles. The summed E-state index contributed by atoms with van der Waals surface area (Å²) in [6.45, 7) is 2.24. The Hall–Kier alpha value is -0.130. The fraction of sp³-hybridized carbons (Fsp3) is 1.00. The lowest BCUT2D eigenvalue weighted by Crippen LogP contribution is -2.40. The lowest BCUT2D eigenvalue weighted by atomic mass is 9.79. The van der Waals surface area contributed by atoms with Crippen molar-refractivity contribution in [2.75, 3.05) is 25.9 Å². The second-order valence-corrected chi connectivity index (χ2v) is 8.74. The van der Waals surface area contributed by atoms with Gasteiger partial charge in [-0.1, -0.05) is 25.7 Å². The Bertz CT molecular complexity index is 397. The summed E-state index contributed by atoms with van der Waals surface area (Å²) in [6, 6.07) is 0. The standard InChI is InChI=1S/C15H30N2O2S/c1-20(18,19)17-9-5-6-13(12-17)10-14-7-3-2-4-8-15(14)11-16/h13-15H,2-12,16H2,1H3. The highest BCUT2D eigenvalue weighted by Gasteiger charge is 2.30. The summed E-state index contributed by atoms with van der Waals surface area (Å²) >= 11 is 0. The third-order valence-corrected chi connectivity index (χ3v) is 6.48. The van der Waals surface area contributed by atoms with Crippen molar-refractivity contribution in [3.05, 3.63) is 0 Å². The Morgan fingerprint density at radius 1 is 1.05 bits per heavy atom. The van der Waals surface area contributed by atoms with E-state index in [9.17, 15) is 8.42 Å². The SMILES string of the molecule is CS(=O)(=O)N1CCCC(CC2CCCCCC2CN)C1. The van der Waals surface area contributed by atoms with Gasteiger partial charge in [-0.3, -0.25) is 0 Å². The molecule has 2 rings (SSSR count). The zero-order valence-corrected chi connectivity index (χ0v) is 13.6. The number of piperidine rings is 1. The van der Waals surface area contributed by atoms with Crippen molar-refractivity contribution in [3.8, 4) is 0 Å². The molecule has 2 fully saturated rings. The second kappa shape index (κ2) is 7.23. The topological polar surface area (TPSA) is 63.4 Å². The zero-order valence-electron chi connectivity index (χ0n) is 12.8. The summed E-state index contributed by atoms with van der Waals surface area (Å²) < 4.78 is 25.1. The predicted octanol–water partition coefficient (Wildman–Crippen LogP) is 2.20. The van der Waals surface area contributed by atoms with E-state index in [2.05, 4.69) is 0 Å². The van der Waals surface area contributed by atoms with Gasteiger partial charge in [0.2, 0.25) is 10.0 Å². The van der Waals surface area contributed by atoms with Crippen molar-refractivity contribution in [2.24, 2.45) is 23.5 Å². The van der Waals surface area contributed by atoms with E-state index in [0.29, 0.717) is 24.3 Å². The molecule has 3 atom stereocenters. The Kier molecular flexibility index (Phi) is 5.87. The highest BCUT2D eigenvalue weighted by Crippen LogP contribution is 2.35. The lowest BCUT2D eigenvalue weighted by Gasteiger charge is -2.34. The van der Waals surface area contributed by atoms with Crippen LogP contribution in [0.5, 0.6) is 0 Å². The summed E-state index contributed by atoms with van der Waals surface area (Å²) in [5, 5.41) is 0. The van der Waals surface area contributed by atoms with E-state index in [1.54, 1.807) is 4.31 Å². The summed E-state index contributed by atoms with van der Waals surface area (Å²) in [5.74, 6) is 1.91. The number of rotatable bonds is 4. The summed E-state index contributed by atoms with van der Waals surface area (Å²) in [7, 11) is -3.02. The molecular formula is C15H30N2O2S. The molecule has 0 aromatic carbocycles. The van der Waals surface area contributed by atoms with Crippen LogP contribution in [0.1, 0.15) is 51.4 Å². The predicted molar refractivity (Wildman–Crippen MR) is 82.9 cm³/mol. The third kappa shape index (κ3) is 4.43. The van der Waals surface area contributed by atoms with Crippen LogP contribution < -0.4 is 5.73 Å². The highest BCUT2D eigenvalue weighted by atomic mass is 32.2. The minimum absolute atomic E-state index is 0.538. The highest BCUT2D eigenvalue weighted by molar-refractivity contribution is 7.88. The lowest BCUT2D eigenvalue weighted by molar-refractivity contribution is 0.194. The van der Waals surface area contributed by atoms with Crippen molar-refractivity contribution in [1.29, 1.82) is 0 Å². The van der Waals surface area contributed by atoms with Gasteiger partial charge in [-0.25, -0.2) is 12.7 Å². The Balaban J connectivity index is 1.93. The smallest absolute Gasteiger partial charge is 0.211 e. The molecule has 1 heterocycles. The molecule has 3 unspecified atom stereocenters. The summed E-state index contributed by atoms with van der Waals surface area (Å²) in [5.41, 5.74) is 5.96. The number of nitrogens with two attached hydrogens (primary N) is 1. The molecule has 4 nitrogen and oxygen atoms in total. The molecule has 0 radical (unpaired) electrons. The van der Waals surface area contributed by atoms with Gasteiger partial charge in [-0.05, 0) is 50.0 Å². The van der Waals surface area contributed by atoms with Gasteiger partial charge in [-0.15, -0.1) is 0 Å². The number of sulfonamides is 1. The minimum atomic E-state index is -3.02. The molecule has 0 spiro atoms.